The zero-order chi connectivity index (χ0) is 14.4. The summed E-state index contributed by atoms with van der Waals surface area (Å²) in [6.45, 7) is 7.80. The van der Waals surface area contributed by atoms with Gasteiger partial charge < -0.3 is 19.7 Å². The van der Waals surface area contributed by atoms with Crippen molar-refractivity contribution >= 4 is 11.8 Å². The molecule has 2 saturated heterocycles. The van der Waals surface area contributed by atoms with Crippen LogP contribution in [0.2, 0.25) is 0 Å². The molecule has 0 radical (unpaired) electrons. The number of nitrogens with one attached hydrogen (secondary N) is 1. The molecular weight excluding hydrogens is 248 g/mol. The molecule has 0 saturated carbocycles. The van der Waals surface area contributed by atoms with Crippen LogP contribution in [0.4, 0.5) is 0 Å². The summed E-state index contributed by atoms with van der Waals surface area (Å²) in [6.07, 6.45) is -0.0147. The summed E-state index contributed by atoms with van der Waals surface area (Å²) < 4.78 is 11.4. The lowest BCUT2D eigenvalue weighted by molar-refractivity contribution is -0.161. The summed E-state index contributed by atoms with van der Waals surface area (Å²) in [5.74, 6) is -0.725. The zero-order valence-electron chi connectivity index (χ0n) is 12.1. The minimum absolute atomic E-state index is 0.0571. The summed E-state index contributed by atoms with van der Waals surface area (Å²) >= 11 is 0. The molecule has 3 atom stereocenters. The van der Waals surface area contributed by atoms with E-state index in [2.05, 4.69) is 5.32 Å². The Morgan fingerprint density at radius 2 is 2.26 bits per heavy atom. The van der Waals surface area contributed by atoms with Gasteiger partial charge in [-0.25, -0.2) is 0 Å². The lowest BCUT2D eigenvalue weighted by Gasteiger charge is -2.34. The third-order valence-electron chi connectivity index (χ3n) is 3.86. The number of hydrogen-bond acceptors (Lipinski definition) is 4. The molecule has 0 unspecified atom stereocenters. The molecule has 2 bridgehead atoms. The molecule has 2 aliphatic rings. The Kier molecular flexibility index (Phi) is 3.35. The van der Waals surface area contributed by atoms with Crippen LogP contribution < -0.4 is 5.32 Å². The largest absolute Gasteiger partial charge is 0.374 e. The van der Waals surface area contributed by atoms with Gasteiger partial charge in [0.1, 0.15) is 11.8 Å². The number of rotatable bonds is 4. The smallest absolute Gasteiger partial charge is 0.269 e. The van der Waals surface area contributed by atoms with E-state index < -0.39 is 23.3 Å². The van der Waals surface area contributed by atoms with Crippen molar-refractivity contribution in [3.05, 3.63) is 0 Å². The molecule has 6 heteroatoms. The van der Waals surface area contributed by atoms with E-state index in [-0.39, 0.29) is 11.9 Å². The van der Waals surface area contributed by atoms with E-state index in [1.807, 2.05) is 27.7 Å². The normalized spacial score (nSPS) is 37.3. The van der Waals surface area contributed by atoms with Crippen LogP contribution in [-0.2, 0) is 19.1 Å². The van der Waals surface area contributed by atoms with Crippen molar-refractivity contribution in [3.8, 4) is 0 Å². The Hall–Kier alpha value is -1.14. The number of likely N-dealkylation sites (tertiary alicyclic amines) is 1. The van der Waals surface area contributed by atoms with Crippen LogP contribution in [0.25, 0.3) is 0 Å². The highest BCUT2D eigenvalue weighted by Gasteiger charge is 2.72. The third kappa shape index (κ3) is 1.85. The number of likely N-dealkylation sites (N-methyl/N-ethyl adjacent to an activating group) is 1. The fourth-order valence-electron chi connectivity index (χ4n) is 2.83. The maximum absolute atomic E-state index is 12.5. The third-order valence-corrected chi connectivity index (χ3v) is 3.86. The van der Waals surface area contributed by atoms with Gasteiger partial charge in [-0.15, -0.1) is 0 Å². The Bertz CT molecular complexity index is 411. The zero-order valence-corrected chi connectivity index (χ0v) is 12.1. The SMILES string of the molecule is CCO[C@@H]1C[C@@]2(C)O[C@]1(C(=O)NC(C)C)C(=O)N2C. The van der Waals surface area contributed by atoms with E-state index in [4.69, 9.17) is 9.47 Å². The molecule has 0 aliphatic carbocycles. The first-order valence-corrected chi connectivity index (χ1v) is 6.69. The van der Waals surface area contributed by atoms with Crippen LogP contribution in [0.5, 0.6) is 0 Å². The molecule has 0 aromatic rings. The quantitative estimate of drug-likeness (QED) is 0.744. The highest BCUT2D eigenvalue weighted by Crippen LogP contribution is 2.49. The first-order valence-electron chi connectivity index (χ1n) is 6.69. The monoisotopic (exact) mass is 270 g/mol. The Morgan fingerprint density at radius 1 is 1.63 bits per heavy atom. The van der Waals surface area contributed by atoms with Crippen LogP contribution in [0, 0.1) is 0 Å². The van der Waals surface area contributed by atoms with Crippen molar-refractivity contribution in [3.63, 3.8) is 0 Å². The topological polar surface area (TPSA) is 67.9 Å². The van der Waals surface area contributed by atoms with Crippen molar-refractivity contribution in [1.29, 1.82) is 0 Å². The maximum Gasteiger partial charge on any atom is 0.269 e. The number of ether oxygens (including phenoxy) is 2. The van der Waals surface area contributed by atoms with Crippen LogP contribution in [0.1, 0.15) is 34.1 Å². The van der Waals surface area contributed by atoms with Gasteiger partial charge in [0.25, 0.3) is 17.4 Å². The van der Waals surface area contributed by atoms with Gasteiger partial charge in [-0.05, 0) is 27.7 Å². The molecule has 108 valence electrons. The molecule has 0 spiro atoms. The Labute approximate surface area is 113 Å². The Balaban J connectivity index is 2.37. The van der Waals surface area contributed by atoms with E-state index in [0.717, 1.165) is 0 Å². The van der Waals surface area contributed by atoms with Gasteiger partial charge in [0.2, 0.25) is 0 Å². The van der Waals surface area contributed by atoms with E-state index in [9.17, 15) is 9.59 Å². The molecule has 2 heterocycles. The lowest BCUT2D eigenvalue weighted by atomic mass is 9.88. The average molecular weight is 270 g/mol. The molecule has 2 rings (SSSR count). The summed E-state index contributed by atoms with van der Waals surface area (Å²) in [5.41, 5.74) is -2.28. The number of piperidine rings is 1. The summed E-state index contributed by atoms with van der Waals surface area (Å²) in [4.78, 5) is 26.4. The number of fused-ring (bicyclic) bond motifs is 2. The Morgan fingerprint density at radius 3 is 2.74 bits per heavy atom. The highest BCUT2D eigenvalue weighted by atomic mass is 16.6. The van der Waals surface area contributed by atoms with Gasteiger partial charge in [-0.1, -0.05) is 0 Å². The fourth-order valence-corrected chi connectivity index (χ4v) is 2.83. The van der Waals surface area contributed by atoms with Crippen molar-refractivity contribution in [2.75, 3.05) is 13.7 Å². The maximum atomic E-state index is 12.5. The standard InChI is InChI=1S/C13H22N2O4/c1-6-18-9-7-12(4)15(5)11(17)13(9,19-12)10(16)14-8(2)3/h8-9H,6-7H2,1-5H3,(H,14,16)/t9-,12-,13-/m1/s1. The summed E-state index contributed by atoms with van der Waals surface area (Å²) in [6, 6.07) is -0.0571. The predicted octanol–water partition coefficient (Wildman–Crippen LogP) is 0.263. The van der Waals surface area contributed by atoms with Crippen molar-refractivity contribution < 1.29 is 19.1 Å². The van der Waals surface area contributed by atoms with E-state index >= 15 is 0 Å². The number of nitrogens with zero attached hydrogens (tertiary/aromatic N) is 1. The highest BCUT2D eigenvalue weighted by molar-refractivity contribution is 6.11. The van der Waals surface area contributed by atoms with Crippen LogP contribution in [0.15, 0.2) is 0 Å². The second-order valence-corrected chi connectivity index (χ2v) is 5.65. The summed E-state index contributed by atoms with van der Waals surface area (Å²) in [7, 11) is 1.66. The first-order chi connectivity index (χ1) is 8.78. The van der Waals surface area contributed by atoms with Gasteiger partial charge in [-0.3, -0.25) is 9.59 Å². The summed E-state index contributed by atoms with van der Waals surface area (Å²) in [5, 5.41) is 2.77. The second-order valence-electron chi connectivity index (χ2n) is 5.65. The number of amides is 2. The van der Waals surface area contributed by atoms with Crippen molar-refractivity contribution in [2.24, 2.45) is 0 Å². The number of carbonyl (C=O) groups is 2. The predicted molar refractivity (Wildman–Crippen MR) is 68.3 cm³/mol. The minimum Gasteiger partial charge on any atom is -0.374 e. The van der Waals surface area contributed by atoms with Gasteiger partial charge in [-0.2, -0.15) is 0 Å². The van der Waals surface area contributed by atoms with Gasteiger partial charge in [0, 0.05) is 26.1 Å². The molecule has 0 aromatic heterocycles. The van der Waals surface area contributed by atoms with E-state index in [1.165, 1.54) is 4.90 Å². The van der Waals surface area contributed by atoms with Crippen molar-refractivity contribution in [1.82, 2.24) is 10.2 Å². The molecule has 6 nitrogen and oxygen atoms in total. The second kappa shape index (κ2) is 4.45. The number of carbonyl (C=O) groups excluding carboxylic acids is 2. The fraction of sp³-hybridized carbons (Fsp3) is 0.846. The van der Waals surface area contributed by atoms with Crippen molar-refractivity contribution in [2.45, 2.75) is 57.6 Å². The molecule has 1 N–H and O–H groups in total. The van der Waals surface area contributed by atoms with Gasteiger partial charge in [0.05, 0.1) is 0 Å². The molecule has 2 fully saturated rings. The average Bonchev–Trinajstić information content (AvgIpc) is 2.71. The molecule has 0 aromatic carbocycles. The molecule has 2 aliphatic heterocycles. The molecule has 2 amide bonds. The van der Waals surface area contributed by atoms with Gasteiger partial charge >= 0.3 is 0 Å². The number of hydrogen-bond donors (Lipinski definition) is 1. The van der Waals surface area contributed by atoms with Crippen LogP contribution in [-0.4, -0.2) is 53.8 Å². The lowest BCUT2D eigenvalue weighted by Crippen LogP contribution is -2.62. The van der Waals surface area contributed by atoms with Crippen LogP contribution in [0.3, 0.4) is 0 Å². The van der Waals surface area contributed by atoms with E-state index in [0.29, 0.717) is 13.0 Å². The van der Waals surface area contributed by atoms with E-state index in [1.54, 1.807) is 7.05 Å². The molecular formula is C13H22N2O4. The minimum atomic E-state index is -1.52. The molecule has 19 heavy (non-hydrogen) atoms. The van der Waals surface area contributed by atoms with Gasteiger partial charge in [0.15, 0.2) is 0 Å². The first kappa shape index (κ1) is 14.3. The van der Waals surface area contributed by atoms with Crippen LogP contribution >= 0.6 is 0 Å².